The van der Waals surface area contributed by atoms with Gasteiger partial charge in [0.1, 0.15) is 0 Å². The van der Waals surface area contributed by atoms with Crippen LogP contribution in [0, 0.1) is 35.0 Å². The van der Waals surface area contributed by atoms with E-state index >= 15 is 0 Å². The zero-order valence-corrected chi connectivity index (χ0v) is 10.5. The molecule has 4 aliphatic carbocycles. The molecule has 18 heavy (non-hydrogen) atoms. The first-order chi connectivity index (χ1) is 8.59. The van der Waals surface area contributed by atoms with Crippen molar-refractivity contribution < 1.29 is 15.0 Å². The first-order valence-corrected chi connectivity index (χ1v) is 7.19. The molecule has 7 atom stereocenters. The number of rotatable bonds is 2. The van der Waals surface area contributed by atoms with Crippen molar-refractivity contribution in [3.63, 3.8) is 0 Å². The topological polar surface area (TPSA) is 57.5 Å². The van der Waals surface area contributed by atoms with Gasteiger partial charge in [0, 0.05) is 0 Å². The van der Waals surface area contributed by atoms with Crippen molar-refractivity contribution >= 4 is 5.97 Å². The van der Waals surface area contributed by atoms with Gasteiger partial charge < -0.3 is 10.2 Å². The van der Waals surface area contributed by atoms with E-state index in [0.717, 1.165) is 25.7 Å². The molecule has 0 spiro atoms. The molecule has 0 radical (unpaired) electrons. The summed E-state index contributed by atoms with van der Waals surface area (Å²) in [4.78, 5) is 11.3. The Kier molecular flexibility index (Phi) is 2.07. The molecule has 0 saturated heterocycles. The van der Waals surface area contributed by atoms with Crippen LogP contribution in [-0.2, 0) is 4.79 Å². The quantitative estimate of drug-likeness (QED) is 0.735. The monoisotopic (exact) mass is 248 g/mol. The average Bonchev–Trinajstić information content (AvgIpc) is 3.05. The van der Waals surface area contributed by atoms with E-state index in [0.29, 0.717) is 17.8 Å². The van der Waals surface area contributed by atoms with Crippen LogP contribution in [0.3, 0.4) is 0 Å². The molecular formula is C15H20O3. The zero-order chi connectivity index (χ0) is 12.5. The van der Waals surface area contributed by atoms with Gasteiger partial charge in [0.25, 0.3) is 0 Å². The fourth-order valence-corrected chi connectivity index (χ4v) is 5.52. The normalized spacial score (nSPS) is 56.5. The van der Waals surface area contributed by atoms with Crippen molar-refractivity contribution in [3.8, 4) is 0 Å². The van der Waals surface area contributed by atoms with Crippen LogP contribution in [0.5, 0.6) is 0 Å². The van der Waals surface area contributed by atoms with Crippen molar-refractivity contribution in [3.05, 3.63) is 12.2 Å². The molecule has 0 aromatic rings. The highest BCUT2D eigenvalue weighted by Crippen LogP contribution is 2.64. The van der Waals surface area contributed by atoms with Crippen LogP contribution < -0.4 is 0 Å². The Labute approximate surface area is 107 Å². The number of carboxylic acid groups (broad SMARTS) is 1. The standard InChI is InChI=1S/C15H20O3/c16-13-5-9-3-10(13)4-12(9)15-2-1-8(6-15)11(7-15)14(17)18/h1-2,8-13,16H,3-7H2,(H,17,18). The molecule has 0 aromatic heterocycles. The predicted molar refractivity (Wildman–Crippen MR) is 65.8 cm³/mol. The maximum atomic E-state index is 11.3. The summed E-state index contributed by atoms with van der Waals surface area (Å²) in [7, 11) is 0. The lowest BCUT2D eigenvalue weighted by molar-refractivity contribution is -0.142. The van der Waals surface area contributed by atoms with Crippen molar-refractivity contribution in [1.29, 1.82) is 0 Å². The van der Waals surface area contributed by atoms with E-state index < -0.39 is 5.97 Å². The molecule has 3 saturated carbocycles. The van der Waals surface area contributed by atoms with Gasteiger partial charge in [-0.1, -0.05) is 12.2 Å². The number of carbonyl (C=O) groups is 1. The van der Waals surface area contributed by atoms with Crippen molar-refractivity contribution in [2.24, 2.45) is 35.0 Å². The molecule has 2 N–H and O–H groups in total. The van der Waals surface area contributed by atoms with Gasteiger partial charge in [0.05, 0.1) is 12.0 Å². The third kappa shape index (κ3) is 1.26. The van der Waals surface area contributed by atoms with Crippen LogP contribution in [0.4, 0.5) is 0 Å². The van der Waals surface area contributed by atoms with Gasteiger partial charge >= 0.3 is 5.97 Å². The Balaban J connectivity index is 1.60. The fourth-order valence-electron chi connectivity index (χ4n) is 5.52. The summed E-state index contributed by atoms with van der Waals surface area (Å²) in [5, 5.41) is 19.2. The molecule has 3 nitrogen and oxygen atoms in total. The molecule has 4 aliphatic rings. The molecule has 0 heterocycles. The van der Waals surface area contributed by atoms with E-state index in [1.165, 1.54) is 6.42 Å². The first-order valence-electron chi connectivity index (χ1n) is 7.19. The second kappa shape index (κ2) is 3.38. The van der Waals surface area contributed by atoms with Crippen LogP contribution in [-0.4, -0.2) is 22.3 Å². The molecule has 98 valence electrons. The van der Waals surface area contributed by atoms with Crippen LogP contribution >= 0.6 is 0 Å². The lowest BCUT2D eigenvalue weighted by Crippen LogP contribution is -2.34. The molecule has 0 amide bonds. The Hall–Kier alpha value is -0.830. The molecule has 3 heteroatoms. The summed E-state index contributed by atoms with van der Waals surface area (Å²) in [5.74, 6) is 1.27. The summed E-state index contributed by atoms with van der Waals surface area (Å²) in [6.07, 6.45) is 9.54. The van der Waals surface area contributed by atoms with E-state index in [-0.39, 0.29) is 23.4 Å². The van der Waals surface area contributed by atoms with Gasteiger partial charge in [-0.25, -0.2) is 0 Å². The van der Waals surface area contributed by atoms with Crippen molar-refractivity contribution in [2.75, 3.05) is 0 Å². The minimum atomic E-state index is -0.616. The minimum absolute atomic E-state index is 0.0829. The molecule has 4 bridgehead atoms. The van der Waals surface area contributed by atoms with Gasteiger partial charge in [-0.15, -0.1) is 0 Å². The predicted octanol–water partition coefficient (Wildman–Crippen LogP) is 2.06. The lowest BCUT2D eigenvalue weighted by atomic mass is 9.66. The number of fused-ring (bicyclic) bond motifs is 4. The van der Waals surface area contributed by atoms with Crippen LogP contribution in [0.25, 0.3) is 0 Å². The number of aliphatic carboxylic acids is 1. The molecule has 0 aromatic carbocycles. The van der Waals surface area contributed by atoms with Gasteiger partial charge in [-0.05, 0) is 61.2 Å². The molecule has 3 fully saturated rings. The Morgan fingerprint density at radius 3 is 2.56 bits per heavy atom. The summed E-state index contributed by atoms with van der Waals surface area (Å²) in [6.45, 7) is 0. The number of hydrogen-bond acceptors (Lipinski definition) is 2. The number of aliphatic hydroxyl groups excluding tert-OH is 1. The van der Waals surface area contributed by atoms with Gasteiger partial charge in [0.15, 0.2) is 0 Å². The van der Waals surface area contributed by atoms with E-state index in [2.05, 4.69) is 12.2 Å². The van der Waals surface area contributed by atoms with E-state index in [1.807, 2.05) is 0 Å². The lowest BCUT2D eigenvalue weighted by Gasteiger charge is -2.38. The van der Waals surface area contributed by atoms with Gasteiger partial charge in [-0.2, -0.15) is 0 Å². The third-order valence-corrected chi connectivity index (χ3v) is 6.28. The van der Waals surface area contributed by atoms with E-state index in [9.17, 15) is 15.0 Å². The SMILES string of the molecule is O=C(O)C1CC2(C3CC4CC3CC4O)C=CC1C2. The highest BCUT2D eigenvalue weighted by molar-refractivity contribution is 5.72. The molecular weight excluding hydrogens is 228 g/mol. The highest BCUT2D eigenvalue weighted by Gasteiger charge is 2.59. The Morgan fingerprint density at radius 2 is 2.00 bits per heavy atom. The van der Waals surface area contributed by atoms with Crippen molar-refractivity contribution in [1.82, 2.24) is 0 Å². The van der Waals surface area contributed by atoms with Crippen LogP contribution in [0.2, 0.25) is 0 Å². The average molecular weight is 248 g/mol. The van der Waals surface area contributed by atoms with Gasteiger partial charge in [-0.3, -0.25) is 4.79 Å². The Morgan fingerprint density at radius 1 is 1.17 bits per heavy atom. The number of aliphatic hydroxyl groups is 1. The second-order valence-corrected chi connectivity index (χ2v) is 7.01. The summed E-state index contributed by atoms with van der Waals surface area (Å²) in [6, 6.07) is 0. The minimum Gasteiger partial charge on any atom is -0.481 e. The van der Waals surface area contributed by atoms with E-state index in [4.69, 9.17) is 0 Å². The molecule has 7 unspecified atom stereocenters. The smallest absolute Gasteiger partial charge is 0.307 e. The zero-order valence-electron chi connectivity index (χ0n) is 10.5. The maximum Gasteiger partial charge on any atom is 0.307 e. The molecule has 0 aliphatic heterocycles. The number of allylic oxidation sites excluding steroid dienone is 2. The number of hydrogen-bond donors (Lipinski definition) is 2. The Bertz CT molecular complexity index is 427. The first kappa shape index (κ1) is 11.0. The molecule has 4 rings (SSSR count). The highest BCUT2D eigenvalue weighted by atomic mass is 16.4. The maximum absolute atomic E-state index is 11.3. The van der Waals surface area contributed by atoms with Gasteiger partial charge in [0.2, 0.25) is 0 Å². The summed E-state index contributed by atoms with van der Waals surface area (Å²) < 4.78 is 0. The second-order valence-electron chi connectivity index (χ2n) is 7.01. The summed E-state index contributed by atoms with van der Waals surface area (Å²) in [5.41, 5.74) is 0.160. The largest absolute Gasteiger partial charge is 0.481 e. The van der Waals surface area contributed by atoms with Crippen molar-refractivity contribution in [2.45, 2.75) is 38.2 Å². The third-order valence-electron chi connectivity index (χ3n) is 6.28. The fraction of sp³-hybridized carbons (Fsp3) is 0.800. The van der Waals surface area contributed by atoms with Crippen LogP contribution in [0.15, 0.2) is 12.2 Å². The van der Waals surface area contributed by atoms with E-state index in [1.54, 1.807) is 0 Å². The summed E-state index contributed by atoms with van der Waals surface area (Å²) >= 11 is 0. The van der Waals surface area contributed by atoms with Crippen LogP contribution in [0.1, 0.15) is 32.1 Å². The number of carboxylic acids is 1.